The second-order valence-corrected chi connectivity index (χ2v) is 7.90. The van der Waals surface area contributed by atoms with Crippen molar-refractivity contribution in [2.75, 3.05) is 12.0 Å². The lowest BCUT2D eigenvalue weighted by Gasteiger charge is -2.10. The Morgan fingerprint density at radius 3 is 2.35 bits per heavy atom. The van der Waals surface area contributed by atoms with Gasteiger partial charge in [-0.2, -0.15) is 5.10 Å². The van der Waals surface area contributed by atoms with Gasteiger partial charge in [-0.1, -0.05) is 29.3 Å². The number of esters is 1. The Labute approximate surface area is 161 Å². The molecule has 0 radical (unpaired) electrons. The summed E-state index contributed by atoms with van der Waals surface area (Å²) < 4.78 is 30.4. The highest BCUT2D eigenvalue weighted by Crippen LogP contribution is 2.21. The van der Waals surface area contributed by atoms with Crippen molar-refractivity contribution < 1.29 is 17.9 Å². The number of benzene rings is 2. The van der Waals surface area contributed by atoms with E-state index in [0.29, 0.717) is 15.7 Å². The van der Waals surface area contributed by atoms with Crippen molar-refractivity contribution >= 4 is 49.7 Å². The number of aryl methyl sites for hydroxylation is 1. The third-order valence-corrected chi connectivity index (χ3v) is 5.45. The lowest BCUT2D eigenvalue weighted by atomic mass is 10.2. The molecular formula is C17H16Cl2N2O4S. The van der Waals surface area contributed by atoms with E-state index in [2.05, 4.69) is 10.5 Å². The molecule has 26 heavy (non-hydrogen) atoms. The SMILES string of the molecule is CCOC(=O)/C(=N/Nc1cc(Cl)ccc1C)S(=O)(=O)c1ccc(Cl)cc1. The van der Waals surface area contributed by atoms with Crippen molar-refractivity contribution in [3.63, 3.8) is 0 Å². The molecule has 0 atom stereocenters. The number of nitrogens with one attached hydrogen (secondary N) is 1. The van der Waals surface area contributed by atoms with Crippen molar-refractivity contribution in [2.24, 2.45) is 5.10 Å². The zero-order chi connectivity index (χ0) is 19.3. The van der Waals surface area contributed by atoms with Gasteiger partial charge in [0.25, 0.3) is 5.04 Å². The normalized spacial score (nSPS) is 11.9. The molecule has 0 spiro atoms. The van der Waals surface area contributed by atoms with Gasteiger partial charge in [0, 0.05) is 10.0 Å². The molecule has 2 aromatic carbocycles. The van der Waals surface area contributed by atoms with E-state index in [1.54, 1.807) is 32.0 Å². The van der Waals surface area contributed by atoms with Crippen LogP contribution in [0.3, 0.4) is 0 Å². The van der Waals surface area contributed by atoms with Gasteiger partial charge >= 0.3 is 5.97 Å². The number of nitrogens with zero attached hydrogens (tertiary/aromatic N) is 1. The van der Waals surface area contributed by atoms with Crippen LogP contribution in [0.25, 0.3) is 0 Å². The minimum absolute atomic E-state index is 0.00415. The minimum Gasteiger partial charge on any atom is -0.461 e. The third kappa shape index (κ3) is 4.75. The number of rotatable bonds is 4. The van der Waals surface area contributed by atoms with Gasteiger partial charge in [0.15, 0.2) is 0 Å². The van der Waals surface area contributed by atoms with Crippen molar-refractivity contribution in [3.8, 4) is 0 Å². The molecule has 0 amide bonds. The highest BCUT2D eigenvalue weighted by molar-refractivity contribution is 8.08. The summed E-state index contributed by atoms with van der Waals surface area (Å²) in [4.78, 5) is 12.1. The van der Waals surface area contributed by atoms with E-state index >= 15 is 0 Å². The molecule has 2 rings (SSSR count). The van der Waals surface area contributed by atoms with Crippen molar-refractivity contribution in [2.45, 2.75) is 18.7 Å². The molecule has 0 aliphatic carbocycles. The lowest BCUT2D eigenvalue weighted by Crippen LogP contribution is -2.28. The number of hydrazone groups is 1. The van der Waals surface area contributed by atoms with Crippen molar-refractivity contribution in [1.82, 2.24) is 0 Å². The lowest BCUT2D eigenvalue weighted by molar-refractivity contribution is -0.134. The monoisotopic (exact) mass is 414 g/mol. The van der Waals surface area contributed by atoms with Crippen molar-refractivity contribution in [1.29, 1.82) is 0 Å². The fraction of sp³-hybridized carbons (Fsp3) is 0.176. The van der Waals surface area contributed by atoms with Crippen LogP contribution >= 0.6 is 23.2 Å². The molecule has 1 N–H and O–H groups in total. The predicted octanol–water partition coefficient (Wildman–Crippen LogP) is 4.06. The number of anilines is 1. The van der Waals surface area contributed by atoms with Crippen LogP contribution in [0.1, 0.15) is 12.5 Å². The average Bonchev–Trinajstić information content (AvgIpc) is 2.58. The maximum Gasteiger partial charge on any atom is 0.371 e. The molecule has 9 heteroatoms. The minimum atomic E-state index is -4.21. The molecule has 0 aromatic heterocycles. The van der Waals surface area contributed by atoms with Gasteiger partial charge in [-0.3, -0.25) is 5.43 Å². The second-order valence-electron chi connectivity index (χ2n) is 5.17. The maximum atomic E-state index is 12.8. The molecule has 0 bridgehead atoms. The molecular weight excluding hydrogens is 399 g/mol. The standard InChI is InChI=1S/C17H16Cl2N2O4S/c1-3-25-17(22)16(21-20-15-10-13(19)5-4-11(15)2)26(23,24)14-8-6-12(18)7-9-14/h4-10,20H,3H2,1-2H3/b21-16-. The summed E-state index contributed by atoms with van der Waals surface area (Å²) in [5.74, 6) is -1.06. The zero-order valence-electron chi connectivity index (χ0n) is 14.0. The summed E-state index contributed by atoms with van der Waals surface area (Å²) in [7, 11) is -4.21. The number of carbonyl (C=O) groups excluding carboxylic acids is 1. The molecule has 0 unspecified atom stereocenters. The Kier molecular flexibility index (Phi) is 6.63. The first-order valence-corrected chi connectivity index (χ1v) is 9.77. The molecule has 6 nitrogen and oxygen atoms in total. The Morgan fingerprint density at radius 1 is 1.12 bits per heavy atom. The van der Waals surface area contributed by atoms with Gasteiger partial charge in [0.2, 0.25) is 9.84 Å². The fourth-order valence-electron chi connectivity index (χ4n) is 1.96. The van der Waals surface area contributed by atoms with E-state index in [9.17, 15) is 13.2 Å². The van der Waals surface area contributed by atoms with E-state index in [1.807, 2.05) is 0 Å². The third-order valence-electron chi connectivity index (χ3n) is 3.31. The summed E-state index contributed by atoms with van der Waals surface area (Å²) >= 11 is 11.7. The van der Waals surface area contributed by atoms with E-state index < -0.39 is 20.9 Å². The van der Waals surface area contributed by atoms with Crippen LogP contribution in [0.4, 0.5) is 5.69 Å². The summed E-state index contributed by atoms with van der Waals surface area (Å²) in [6.45, 7) is 3.36. The predicted molar refractivity (Wildman–Crippen MR) is 103 cm³/mol. The molecule has 0 aliphatic heterocycles. The number of halogens is 2. The maximum absolute atomic E-state index is 12.8. The van der Waals surface area contributed by atoms with Gasteiger partial charge in [-0.05, 0) is 55.8 Å². The Morgan fingerprint density at radius 2 is 1.73 bits per heavy atom. The van der Waals surface area contributed by atoms with Gasteiger partial charge in [0.1, 0.15) is 0 Å². The summed E-state index contributed by atoms with van der Waals surface area (Å²) in [5.41, 5.74) is 3.81. The number of hydrogen-bond acceptors (Lipinski definition) is 6. The smallest absolute Gasteiger partial charge is 0.371 e. The van der Waals surface area contributed by atoms with Crippen LogP contribution in [-0.4, -0.2) is 26.0 Å². The number of sulfone groups is 1. The van der Waals surface area contributed by atoms with Crippen LogP contribution in [0.15, 0.2) is 52.5 Å². The number of ether oxygens (including phenoxy) is 1. The highest BCUT2D eigenvalue weighted by atomic mass is 35.5. The van der Waals surface area contributed by atoms with Crippen LogP contribution in [0.2, 0.25) is 10.0 Å². The first-order valence-electron chi connectivity index (χ1n) is 7.53. The summed E-state index contributed by atoms with van der Waals surface area (Å²) in [5, 5.41) is 3.84. The molecule has 0 saturated heterocycles. The first kappa shape index (κ1) is 20.2. The van der Waals surface area contributed by atoms with Gasteiger partial charge in [0.05, 0.1) is 17.2 Å². The van der Waals surface area contributed by atoms with E-state index in [4.69, 9.17) is 27.9 Å². The quantitative estimate of drug-likeness (QED) is 0.352. The highest BCUT2D eigenvalue weighted by Gasteiger charge is 2.31. The molecule has 0 aliphatic rings. The number of hydrogen-bond donors (Lipinski definition) is 1. The van der Waals surface area contributed by atoms with E-state index in [0.717, 1.165) is 5.56 Å². The summed E-state index contributed by atoms with van der Waals surface area (Å²) in [6.07, 6.45) is 0. The second kappa shape index (κ2) is 8.53. The molecule has 2 aromatic rings. The molecule has 138 valence electrons. The van der Waals surface area contributed by atoms with Crippen LogP contribution in [0.5, 0.6) is 0 Å². The summed E-state index contributed by atoms with van der Waals surface area (Å²) in [6, 6.07) is 10.4. The Bertz CT molecular complexity index is 942. The van der Waals surface area contributed by atoms with Crippen LogP contribution in [-0.2, 0) is 19.4 Å². The Hall–Kier alpha value is -2.09. The van der Waals surface area contributed by atoms with Crippen molar-refractivity contribution in [3.05, 3.63) is 58.1 Å². The van der Waals surface area contributed by atoms with E-state index in [1.165, 1.54) is 24.3 Å². The zero-order valence-corrected chi connectivity index (χ0v) is 16.3. The largest absolute Gasteiger partial charge is 0.461 e. The number of carbonyl (C=O) groups is 1. The molecule has 0 fully saturated rings. The van der Waals surface area contributed by atoms with Gasteiger partial charge in [-0.25, -0.2) is 13.2 Å². The fourth-order valence-corrected chi connectivity index (χ4v) is 3.42. The van der Waals surface area contributed by atoms with Crippen LogP contribution in [0, 0.1) is 6.92 Å². The van der Waals surface area contributed by atoms with Crippen LogP contribution < -0.4 is 5.43 Å². The topological polar surface area (TPSA) is 84.8 Å². The molecule has 0 saturated carbocycles. The molecule has 0 heterocycles. The first-order chi connectivity index (χ1) is 12.3. The average molecular weight is 415 g/mol. The van der Waals surface area contributed by atoms with Gasteiger partial charge in [-0.15, -0.1) is 0 Å². The Balaban J connectivity index is 2.47. The van der Waals surface area contributed by atoms with Gasteiger partial charge < -0.3 is 4.74 Å². The van der Waals surface area contributed by atoms with E-state index in [-0.39, 0.29) is 11.5 Å².